The van der Waals surface area contributed by atoms with Crippen LogP contribution in [-0.4, -0.2) is 7.11 Å². The van der Waals surface area contributed by atoms with Gasteiger partial charge in [0.25, 0.3) is 0 Å². The van der Waals surface area contributed by atoms with Gasteiger partial charge < -0.3 is 4.74 Å². The Bertz CT molecular complexity index is 341. The van der Waals surface area contributed by atoms with E-state index in [4.69, 9.17) is 4.74 Å². The second-order valence-electron chi connectivity index (χ2n) is 3.43. The zero-order valence-corrected chi connectivity index (χ0v) is 8.08. The lowest BCUT2D eigenvalue weighted by molar-refractivity contribution is 0.00892. The van der Waals surface area contributed by atoms with E-state index in [0.29, 0.717) is 0 Å². The number of fused-ring (bicyclic) bond motifs is 1. The predicted octanol–water partition coefficient (Wildman–Crippen LogP) is 2.66. The van der Waals surface area contributed by atoms with Crippen LogP contribution in [0, 0.1) is 0 Å². The zero-order valence-electron chi connectivity index (χ0n) is 8.08. The van der Waals surface area contributed by atoms with Gasteiger partial charge in [0, 0.05) is 13.5 Å². The van der Waals surface area contributed by atoms with Gasteiger partial charge in [-0.15, -0.1) is 0 Å². The second kappa shape index (κ2) is 3.00. The molecule has 1 heteroatoms. The Morgan fingerprint density at radius 3 is 2.77 bits per heavy atom. The van der Waals surface area contributed by atoms with Crippen molar-refractivity contribution in [3.63, 3.8) is 0 Å². The summed E-state index contributed by atoms with van der Waals surface area (Å²) < 4.78 is 5.55. The fourth-order valence-electron chi connectivity index (χ4n) is 2.03. The SMILES string of the molecule is C/C=C/C1(OC)Cc2ccccc21. The number of ether oxygens (including phenoxy) is 1. The molecule has 0 heterocycles. The van der Waals surface area contributed by atoms with E-state index in [0.717, 1.165) is 6.42 Å². The third-order valence-corrected chi connectivity index (χ3v) is 2.73. The Balaban J connectivity index is 2.41. The molecule has 0 amide bonds. The van der Waals surface area contributed by atoms with Crippen molar-refractivity contribution in [2.45, 2.75) is 18.9 Å². The van der Waals surface area contributed by atoms with Gasteiger partial charge in [-0.25, -0.2) is 0 Å². The van der Waals surface area contributed by atoms with Crippen molar-refractivity contribution in [3.8, 4) is 0 Å². The Hall–Kier alpha value is -1.08. The molecule has 0 saturated heterocycles. The van der Waals surface area contributed by atoms with Crippen LogP contribution in [0.3, 0.4) is 0 Å². The Morgan fingerprint density at radius 1 is 1.38 bits per heavy atom. The van der Waals surface area contributed by atoms with E-state index in [1.807, 2.05) is 6.92 Å². The first-order valence-electron chi connectivity index (χ1n) is 4.60. The summed E-state index contributed by atoms with van der Waals surface area (Å²) in [7, 11) is 1.77. The average molecular weight is 174 g/mol. The lowest BCUT2D eigenvalue weighted by Gasteiger charge is -2.40. The molecule has 0 bridgehead atoms. The molecule has 1 nitrogen and oxygen atoms in total. The molecule has 68 valence electrons. The molecule has 1 aliphatic carbocycles. The van der Waals surface area contributed by atoms with Crippen molar-refractivity contribution in [1.82, 2.24) is 0 Å². The number of hydrogen-bond donors (Lipinski definition) is 0. The fraction of sp³-hybridized carbons (Fsp3) is 0.333. The van der Waals surface area contributed by atoms with Gasteiger partial charge in [-0.3, -0.25) is 0 Å². The van der Waals surface area contributed by atoms with Gasteiger partial charge in [0.05, 0.1) is 0 Å². The van der Waals surface area contributed by atoms with E-state index in [1.165, 1.54) is 11.1 Å². The molecule has 1 aromatic rings. The van der Waals surface area contributed by atoms with E-state index in [2.05, 4.69) is 36.4 Å². The molecule has 1 atom stereocenters. The molecule has 0 fully saturated rings. The third kappa shape index (κ3) is 1.11. The monoisotopic (exact) mass is 174 g/mol. The molecule has 0 aliphatic heterocycles. The molecular weight excluding hydrogens is 160 g/mol. The summed E-state index contributed by atoms with van der Waals surface area (Å²) >= 11 is 0. The molecule has 1 aromatic carbocycles. The van der Waals surface area contributed by atoms with Gasteiger partial charge in [-0.05, 0) is 18.1 Å². The molecule has 2 rings (SSSR count). The van der Waals surface area contributed by atoms with Crippen molar-refractivity contribution in [2.24, 2.45) is 0 Å². The Labute approximate surface area is 79.0 Å². The van der Waals surface area contributed by atoms with E-state index in [1.54, 1.807) is 7.11 Å². The lowest BCUT2D eigenvalue weighted by atomic mass is 9.73. The maximum atomic E-state index is 5.55. The minimum atomic E-state index is -0.134. The van der Waals surface area contributed by atoms with Gasteiger partial charge >= 0.3 is 0 Å². The minimum Gasteiger partial charge on any atom is -0.369 e. The lowest BCUT2D eigenvalue weighted by Crippen LogP contribution is -2.38. The molecule has 1 unspecified atom stereocenters. The third-order valence-electron chi connectivity index (χ3n) is 2.73. The maximum absolute atomic E-state index is 5.55. The summed E-state index contributed by atoms with van der Waals surface area (Å²) in [6.45, 7) is 2.03. The normalized spacial score (nSPS) is 25.7. The van der Waals surface area contributed by atoms with E-state index in [9.17, 15) is 0 Å². The number of hydrogen-bond acceptors (Lipinski definition) is 1. The average Bonchev–Trinajstić information content (AvgIpc) is 2.14. The molecule has 13 heavy (non-hydrogen) atoms. The summed E-state index contributed by atoms with van der Waals surface area (Å²) in [5, 5.41) is 0. The highest BCUT2D eigenvalue weighted by molar-refractivity contribution is 5.46. The smallest absolute Gasteiger partial charge is 0.115 e. The number of rotatable bonds is 2. The van der Waals surface area contributed by atoms with Crippen LogP contribution >= 0.6 is 0 Å². The summed E-state index contributed by atoms with van der Waals surface area (Å²) in [5.41, 5.74) is 2.59. The zero-order chi connectivity index (χ0) is 9.31. The molecular formula is C12H14O. The molecule has 1 aliphatic rings. The van der Waals surface area contributed by atoms with E-state index < -0.39 is 0 Å². The molecule has 0 aromatic heterocycles. The molecule has 0 radical (unpaired) electrons. The quantitative estimate of drug-likeness (QED) is 0.626. The fourth-order valence-corrected chi connectivity index (χ4v) is 2.03. The number of allylic oxidation sites excluding steroid dienone is 1. The van der Waals surface area contributed by atoms with Crippen LogP contribution in [0.1, 0.15) is 18.1 Å². The summed E-state index contributed by atoms with van der Waals surface area (Å²) in [4.78, 5) is 0. The van der Waals surface area contributed by atoms with E-state index in [-0.39, 0.29) is 5.60 Å². The van der Waals surface area contributed by atoms with Gasteiger partial charge in [-0.1, -0.05) is 36.4 Å². The van der Waals surface area contributed by atoms with Gasteiger partial charge in [0.15, 0.2) is 0 Å². The molecule has 0 saturated carbocycles. The first-order chi connectivity index (χ1) is 6.32. The van der Waals surface area contributed by atoms with Crippen LogP contribution in [0.5, 0.6) is 0 Å². The van der Waals surface area contributed by atoms with Crippen LogP contribution < -0.4 is 0 Å². The first-order valence-corrected chi connectivity index (χ1v) is 4.60. The van der Waals surface area contributed by atoms with Crippen molar-refractivity contribution in [1.29, 1.82) is 0 Å². The summed E-state index contributed by atoms with van der Waals surface area (Å²) in [6.07, 6.45) is 5.19. The topological polar surface area (TPSA) is 9.23 Å². The highest BCUT2D eigenvalue weighted by atomic mass is 16.5. The standard InChI is InChI=1S/C12H14O/c1-3-8-12(13-2)9-10-6-4-5-7-11(10)12/h3-8H,9H2,1-2H3/b8-3+. The molecule has 0 N–H and O–H groups in total. The highest BCUT2D eigenvalue weighted by Crippen LogP contribution is 2.42. The van der Waals surface area contributed by atoms with Gasteiger partial charge in [-0.2, -0.15) is 0 Å². The van der Waals surface area contributed by atoms with Gasteiger partial charge in [0.2, 0.25) is 0 Å². The van der Waals surface area contributed by atoms with Crippen molar-refractivity contribution in [3.05, 3.63) is 47.5 Å². The second-order valence-corrected chi connectivity index (χ2v) is 3.43. The maximum Gasteiger partial charge on any atom is 0.115 e. The van der Waals surface area contributed by atoms with Crippen LogP contribution in [-0.2, 0) is 16.8 Å². The van der Waals surface area contributed by atoms with Crippen molar-refractivity contribution >= 4 is 0 Å². The minimum absolute atomic E-state index is 0.134. The largest absolute Gasteiger partial charge is 0.369 e. The Kier molecular flexibility index (Phi) is 1.97. The summed E-state index contributed by atoms with van der Waals surface area (Å²) in [5.74, 6) is 0. The predicted molar refractivity (Wildman–Crippen MR) is 53.6 cm³/mol. The van der Waals surface area contributed by atoms with E-state index >= 15 is 0 Å². The first kappa shape index (κ1) is 8.52. The van der Waals surface area contributed by atoms with Gasteiger partial charge in [0.1, 0.15) is 5.60 Å². The van der Waals surface area contributed by atoms with Crippen LogP contribution in [0.15, 0.2) is 36.4 Å². The number of benzene rings is 1. The number of methoxy groups -OCH3 is 1. The Morgan fingerprint density at radius 2 is 2.15 bits per heavy atom. The van der Waals surface area contributed by atoms with Crippen LogP contribution in [0.25, 0.3) is 0 Å². The van der Waals surface area contributed by atoms with Crippen LogP contribution in [0.2, 0.25) is 0 Å². The highest BCUT2D eigenvalue weighted by Gasteiger charge is 2.39. The molecule has 0 spiro atoms. The summed E-state index contributed by atoms with van der Waals surface area (Å²) in [6, 6.07) is 8.45. The van der Waals surface area contributed by atoms with Crippen molar-refractivity contribution < 1.29 is 4.74 Å². The van der Waals surface area contributed by atoms with Crippen molar-refractivity contribution in [2.75, 3.05) is 7.11 Å². The van der Waals surface area contributed by atoms with Crippen LogP contribution in [0.4, 0.5) is 0 Å².